The highest BCUT2D eigenvalue weighted by molar-refractivity contribution is 5.97. The van der Waals surface area contributed by atoms with E-state index in [1.165, 1.54) is 32.4 Å². The van der Waals surface area contributed by atoms with Crippen LogP contribution in [-0.2, 0) is 0 Å². The minimum Gasteiger partial charge on any atom is -0.493 e. The summed E-state index contributed by atoms with van der Waals surface area (Å²) in [6.45, 7) is 3.33. The van der Waals surface area contributed by atoms with Crippen molar-refractivity contribution in [1.29, 1.82) is 0 Å². The standard InChI is InChI=1S/C18H27NO4/c1-21-16-12-14(13-17(22-2)18(16)23-3)15(20)8-7-11-19-9-5-4-6-10-19/h12-13H,4-11H2,1-3H3. The van der Waals surface area contributed by atoms with Crippen molar-refractivity contribution in [2.24, 2.45) is 0 Å². The number of rotatable bonds is 8. The Morgan fingerprint density at radius 1 is 1.00 bits per heavy atom. The third-order valence-corrected chi connectivity index (χ3v) is 4.31. The average molecular weight is 321 g/mol. The van der Waals surface area contributed by atoms with Gasteiger partial charge in [0.25, 0.3) is 0 Å². The van der Waals surface area contributed by atoms with E-state index >= 15 is 0 Å². The fraction of sp³-hybridized carbons (Fsp3) is 0.611. The Morgan fingerprint density at radius 2 is 1.61 bits per heavy atom. The Labute approximate surface area is 138 Å². The van der Waals surface area contributed by atoms with Crippen LogP contribution in [0.2, 0.25) is 0 Å². The summed E-state index contributed by atoms with van der Waals surface area (Å²) in [4.78, 5) is 14.9. The van der Waals surface area contributed by atoms with Gasteiger partial charge in [0, 0.05) is 12.0 Å². The highest BCUT2D eigenvalue weighted by Crippen LogP contribution is 2.38. The lowest BCUT2D eigenvalue weighted by molar-refractivity contribution is 0.0972. The number of Topliss-reactive ketones (excluding diaryl/α,β-unsaturated/α-hetero) is 1. The van der Waals surface area contributed by atoms with Crippen LogP contribution >= 0.6 is 0 Å². The van der Waals surface area contributed by atoms with Gasteiger partial charge in [0.05, 0.1) is 21.3 Å². The molecule has 0 unspecified atom stereocenters. The van der Waals surface area contributed by atoms with E-state index < -0.39 is 0 Å². The molecule has 5 nitrogen and oxygen atoms in total. The van der Waals surface area contributed by atoms with Crippen molar-refractivity contribution in [3.63, 3.8) is 0 Å². The quantitative estimate of drug-likeness (QED) is 0.688. The Bertz CT molecular complexity index is 499. The summed E-state index contributed by atoms with van der Waals surface area (Å²) in [6, 6.07) is 3.45. The molecule has 0 saturated carbocycles. The van der Waals surface area contributed by atoms with Gasteiger partial charge in [-0.2, -0.15) is 0 Å². The Morgan fingerprint density at radius 3 is 2.13 bits per heavy atom. The van der Waals surface area contributed by atoms with Gasteiger partial charge in [0.2, 0.25) is 5.75 Å². The molecule has 0 aliphatic carbocycles. The van der Waals surface area contributed by atoms with Crippen LogP contribution in [0.3, 0.4) is 0 Å². The summed E-state index contributed by atoms with van der Waals surface area (Å²) in [5.74, 6) is 1.67. The van der Waals surface area contributed by atoms with E-state index in [4.69, 9.17) is 14.2 Å². The van der Waals surface area contributed by atoms with Crippen LogP contribution in [0.25, 0.3) is 0 Å². The van der Waals surface area contributed by atoms with E-state index in [1.807, 2.05) is 0 Å². The minimum atomic E-state index is 0.112. The third-order valence-electron chi connectivity index (χ3n) is 4.31. The molecular weight excluding hydrogens is 294 g/mol. The van der Waals surface area contributed by atoms with Gasteiger partial charge in [-0.05, 0) is 51.0 Å². The summed E-state index contributed by atoms with van der Waals surface area (Å²) < 4.78 is 15.9. The van der Waals surface area contributed by atoms with Gasteiger partial charge in [-0.15, -0.1) is 0 Å². The van der Waals surface area contributed by atoms with E-state index in [1.54, 1.807) is 33.5 Å². The Kier molecular flexibility index (Phi) is 6.71. The molecule has 0 amide bonds. The summed E-state index contributed by atoms with van der Waals surface area (Å²) in [7, 11) is 4.67. The van der Waals surface area contributed by atoms with Crippen molar-refractivity contribution in [3.05, 3.63) is 17.7 Å². The average Bonchev–Trinajstić information content (AvgIpc) is 2.61. The highest BCUT2D eigenvalue weighted by atomic mass is 16.5. The van der Waals surface area contributed by atoms with Gasteiger partial charge in [0.1, 0.15) is 0 Å². The Hall–Kier alpha value is -1.75. The summed E-state index contributed by atoms with van der Waals surface area (Å²) in [6.07, 6.45) is 5.31. The topological polar surface area (TPSA) is 48.0 Å². The lowest BCUT2D eigenvalue weighted by atomic mass is 10.0. The van der Waals surface area contributed by atoms with Gasteiger partial charge in [0.15, 0.2) is 17.3 Å². The highest BCUT2D eigenvalue weighted by Gasteiger charge is 2.17. The third kappa shape index (κ3) is 4.61. The van der Waals surface area contributed by atoms with Crippen LogP contribution in [0.15, 0.2) is 12.1 Å². The first-order valence-corrected chi connectivity index (χ1v) is 8.25. The second kappa shape index (κ2) is 8.77. The van der Waals surface area contributed by atoms with E-state index in [2.05, 4.69) is 4.90 Å². The van der Waals surface area contributed by atoms with Gasteiger partial charge in [-0.25, -0.2) is 0 Å². The number of carbonyl (C=O) groups is 1. The maximum Gasteiger partial charge on any atom is 0.203 e. The van der Waals surface area contributed by atoms with Gasteiger partial charge < -0.3 is 19.1 Å². The molecule has 23 heavy (non-hydrogen) atoms. The fourth-order valence-corrected chi connectivity index (χ4v) is 3.03. The molecule has 1 heterocycles. The van der Waals surface area contributed by atoms with Crippen LogP contribution < -0.4 is 14.2 Å². The zero-order chi connectivity index (χ0) is 16.7. The van der Waals surface area contributed by atoms with Gasteiger partial charge >= 0.3 is 0 Å². The smallest absolute Gasteiger partial charge is 0.203 e. The largest absolute Gasteiger partial charge is 0.493 e. The number of ketones is 1. The first-order valence-electron chi connectivity index (χ1n) is 8.25. The molecule has 1 aliphatic rings. The summed E-state index contributed by atoms with van der Waals surface area (Å²) in [5.41, 5.74) is 0.609. The zero-order valence-electron chi connectivity index (χ0n) is 14.4. The number of piperidine rings is 1. The first-order chi connectivity index (χ1) is 11.2. The molecule has 1 saturated heterocycles. The van der Waals surface area contributed by atoms with Gasteiger partial charge in [-0.3, -0.25) is 4.79 Å². The molecule has 2 rings (SSSR count). The van der Waals surface area contributed by atoms with Crippen molar-refractivity contribution in [1.82, 2.24) is 4.90 Å². The van der Waals surface area contributed by atoms with Gasteiger partial charge in [-0.1, -0.05) is 6.42 Å². The van der Waals surface area contributed by atoms with Crippen LogP contribution in [0, 0.1) is 0 Å². The SMILES string of the molecule is COc1cc(C(=O)CCCN2CCCCC2)cc(OC)c1OC. The molecule has 0 aromatic heterocycles. The van der Waals surface area contributed by atoms with Crippen molar-refractivity contribution < 1.29 is 19.0 Å². The molecule has 0 spiro atoms. The molecule has 128 valence electrons. The van der Waals surface area contributed by atoms with Crippen molar-refractivity contribution in [2.75, 3.05) is 41.0 Å². The lowest BCUT2D eigenvalue weighted by Crippen LogP contribution is -2.30. The fourth-order valence-electron chi connectivity index (χ4n) is 3.03. The molecular formula is C18H27NO4. The molecule has 0 atom stereocenters. The molecule has 1 fully saturated rings. The number of ether oxygens (including phenoxy) is 3. The second-order valence-electron chi connectivity index (χ2n) is 5.84. The van der Waals surface area contributed by atoms with Crippen molar-refractivity contribution >= 4 is 5.78 Å². The van der Waals surface area contributed by atoms with E-state index in [9.17, 15) is 4.79 Å². The number of likely N-dealkylation sites (tertiary alicyclic amines) is 1. The maximum absolute atomic E-state index is 12.5. The number of benzene rings is 1. The lowest BCUT2D eigenvalue weighted by Gasteiger charge is -2.26. The van der Waals surface area contributed by atoms with Crippen LogP contribution in [0.4, 0.5) is 0 Å². The van der Waals surface area contributed by atoms with Crippen LogP contribution in [0.5, 0.6) is 17.2 Å². The summed E-state index contributed by atoms with van der Waals surface area (Å²) >= 11 is 0. The predicted molar refractivity (Wildman–Crippen MR) is 90.0 cm³/mol. The summed E-state index contributed by atoms with van der Waals surface area (Å²) in [5, 5.41) is 0. The monoisotopic (exact) mass is 321 g/mol. The molecule has 5 heteroatoms. The number of nitrogens with zero attached hydrogens (tertiary/aromatic N) is 1. The van der Waals surface area contributed by atoms with Crippen LogP contribution in [0.1, 0.15) is 42.5 Å². The number of hydrogen-bond donors (Lipinski definition) is 0. The predicted octanol–water partition coefficient (Wildman–Crippen LogP) is 3.16. The van der Waals surface area contributed by atoms with Crippen molar-refractivity contribution in [2.45, 2.75) is 32.1 Å². The normalized spacial score (nSPS) is 15.3. The maximum atomic E-state index is 12.5. The molecule has 0 radical (unpaired) electrons. The number of carbonyl (C=O) groups excluding carboxylic acids is 1. The molecule has 1 aromatic carbocycles. The molecule has 1 aliphatic heterocycles. The second-order valence-corrected chi connectivity index (χ2v) is 5.84. The minimum absolute atomic E-state index is 0.112. The zero-order valence-corrected chi connectivity index (χ0v) is 14.4. The van der Waals surface area contributed by atoms with Crippen molar-refractivity contribution in [3.8, 4) is 17.2 Å². The van der Waals surface area contributed by atoms with E-state index in [-0.39, 0.29) is 5.78 Å². The number of methoxy groups -OCH3 is 3. The molecule has 0 N–H and O–H groups in total. The molecule has 1 aromatic rings. The molecule has 0 bridgehead atoms. The first kappa shape index (κ1) is 17.6. The van der Waals surface area contributed by atoms with Crippen LogP contribution in [-0.4, -0.2) is 51.6 Å². The number of hydrogen-bond acceptors (Lipinski definition) is 5. The Balaban J connectivity index is 1.98. The van der Waals surface area contributed by atoms with E-state index in [0.29, 0.717) is 29.2 Å². The van der Waals surface area contributed by atoms with E-state index in [0.717, 1.165) is 13.0 Å².